The molecule has 3 saturated heterocycles. The second kappa shape index (κ2) is 14.7. The summed E-state index contributed by atoms with van der Waals surface area (Å²) in [5.74, 6) is -0.464. The van der Waals surface area contributed by atoms with Crippen molar-refractivity contribution in [3.63, 3.8) is 0 Å². The van der Waals surface area contributed by atoms with E-state index in [9.17, 15) is 22.8 Å². The van der Waals surface area contributed by atoms with E-state index in [1.165, 1.54) is 41.6 Å². The van der Waals surface area contributed by atoms with E-state index in [4.69, 9.17) is 11.6 Å². The van der Waals surface area contributed by atoms with Gasteiger partial charge in [0.25, 0.3) is 0 Å². The Labute approximate surface area is 263 Å². The molecule has 4 heterocycles. The number of nitrogens with one attached hydrogen (secondary N) is 2. The Hall–Kier alpha value is -2.19. The average molecular weight is 655 g/mol. The lowest BCUT2D eigenvalue weighted by atomic mass is 9.96. The van der Waals surface area contributed by atoms with Crippen LogP contribution >= 0.6 is 22.9 Å². The van der Waals surface area contributed by atoms with E-state index in [-0.39, 0.29) is 30.4 Å². The first-order valence-corrected chi connectivity index (χ1v) is 18.2. The van der Waals surface area contributed by atoms with E-state index >= 15 is 0 Å². The second-order valence-corrected chi connectivity index (χ2v) is 15.4. The summed E-state index contributed by atoms with van der Waals surface area (Å²) >= 11 is 7.17. The lowest BCUT2D eigenvalue weighted by molar-refractivity contribution is -0.143. The van der Waals surface area contributed by atoms with Crippen molar-refractivity contribution in [2.24, 2.45) is 0 Å². The van der Waals surface area contributed by atoms with Crippen molar-refractivity contribution in [3.05, 3.63) is 26.8 Å². The number of hydrogen-bond donors (Lipinski definition) is 2. The molecule has 1 aromatic rings. The molecule has 238 valence electrons. The van der Waals surface area contributed by atoms with Crippen LogP contribution in [0.2, 0.25) is 4.34 Å². The molecular formula is C29H43ClN6O5S2. The highest BCUT2D eigenvalue weighted by molar-refractivity contribution is 7.92. The van der Waals surface area contributed by atoms with Gasteiger partial charge in [0.05, 0.1) is 10.9 Å². The fourth-order valence-electron chi connectivity index (χ4n) is 6.57. The zero-order valence-electron chi connectivity index (χ0n) is 24.6. The number of hydrogen-bond acceptors (Lipinski definition) is 7. The van der Waals surface area contributed by atoms with Crippen molar-refractivity contribution in [3.8, 4) is 0 Å². The lowest BCUT2D eigenvalue weighted by Gasteiger charge is -2.38. The van der Waals surface area contributed by atoms with Crippen molar-refractivity contribution in [2.75, 3.05) is 52.4 Å². The molecule has 1 aromatic heterocycles. The van der Waals surface area contributed by atoms with Gasteiger partial charge in [0, 0.05) is 68.2 Å². The summed E-state index contributed by atoms with van der Waals surface area (Å²) in [5, 5.41) is 4.25. The van der Waals surface area contributed by atoms with Gasteiger partial charge in [0.15, 0.2) is 0 Å². The lowest BCUT2D eigenvalue weighted by Crippen LogP contribution is -2.57. The molecule has 1 saturated carbocycles. The molecule has 4 fully saturated rings. The minimum Gasteiger partial charge on any atom is -0.337 e. The van der Waals surface area contributed by atoms with E-state index in [0.29, 0.717) is 54.3 Å². The maximum absolute atomic E-state index is 13.4. The van der Waals surface area contributed by atoms with Gasteiger partial charge < -0.3 is 20.0 Å². The number of carbonyl (C=O) groups is 3. The molecule has 4 aliphatic rings. The largest absolute Gasteiger partial charge is 0.337 e. The van der Waals surface area contributed by atoms with Crippen LogP contribution in [-0.2, 0) is 19.6 Å². The quantitative estimate of drug-likeness (QED) is 0.422. The third kappa shape index (κ3) is 8.93. The summed E-state index contributed by atoms with van der Waals surface area (Å²) in [5.41, 5.74) is 0. The molecule has 0 radical (unpaired) electrons. The van der Waals surface area contributed by atoms with Crippen molar-refractivity contribution < 1.29 is 22.8 Å². The Morgan fingerprint density at radius 1 is 0.953 bits per heavy atom. The zero-order valence-corrected chi connectivity index (χ0v) is 27.0. The first-order valence-electron chi connectivity index (χ1n) is 15.5. The Kier molecular flexibility index (Phi) is 11.0. The van der Waals surface area contributed by atoms with E-state index in [0.717, 1.165) is 50.7 Å². The van der Waals surface area contributed by atoms with E-state index in [1.54, 1.807) is 12.1 Å². The van der Waals surface area contributed by atoms with Gasteiger partial charge in [0.2, 0.25) is 21.8 Å². The standard InChI is InChI=1S/C29H43ClN6O5S2/c30-26-11-10-24(42-26)12-19-43(40,41)32-25-9-5-13-35(28(25)38)21-27(37)36-14-4-8-23(36)20-33-15-17-34(18-16-33)29(39)31-22-6-2-1-3-7-22/h10-12,19,22-23,25,32H,1-9,13-18,20-21H2,(H,31,39)/b19-12+. The zero-order chi connectivity index (χ0) is 30.4. The number of thiophene rings is 1. The molecule has 11 nitrogen and oxygen atoms in total. The number of sulfonamides is 1. The third-order valence-electron chi connectivity index (χ3n) is 8.93. The van der Waals surface area contributed by atoms with Crippen LogP contribution in [0.5, 0.6) is 0 Å². The smallest absolute Gasteiger partial charge is 0.317 e. The van der Waals surface area contributed by atoms with Crippen molar-refractivity contribution >= 4 is 56.9 Å². The molecule has 0 bridgehead atoms. The summed E-state index contributed by atoms with van der Waals surface area (Å²) in [7, 11) is -3.86. The van der Waals surface area contributed by atoms with Crippen LogP contribution in [0, 0.1) is 0 Å². The summed E-state index contributed by atoms with van der Waals surface area (Å²) < 4.78 is 28.3. The highest BCUT2D eigenvalue weighted by Crippen LogP contribution is 2.24. The van der Waals surface area contributed by atoms with Crippen LogP contribution in [0.3, 0.4) is 0 Å². The first kappa shape index (κ1) is 32.2. The van der Waals surface area contributed by atoms with E-state index < -0.39 is 16.1 Å². The summed E-state index contributed by atoms with van der Waals surface area (Å²) in [6.07, 6.45) is 10.0. The molecule has 14 heteroatoms. The number of rotatable bonds is 9. The predicted molar refractivity (Wildman–Crippen MR) is 168 cm³/mol. The van der Waals surface area contributed by atoms with Crippen molar-refractivity contribution in [1.29, 1.82) is 0 Å². The normalized spacial score (nSPS) is 24.7. The van der Waals surface area contributed by atoms with Crippen LogP contribution in [0.4, 0.5) is 4.79 Å². The van der Waals surface area contributed by atoms with Crippen LogP contribution in [0.25, 0.3) is 6.08 Å². The highest BCUT2D eigenvalue weighted by atomic mass is 35.5. The van der Waals surface area contributed by atoms with Crippen molar-refractivity contribution in [1.82, 2.24) is 29.6 Å². The summed E-state index contributed by atoms with van der Waals surface area (Å²) in [4.78, 5) is 47.6. The Balaban J connectivity index is 1.08. The number of piperazine rings is 1. The molecule has 43 heavy (non-hydrogen) atoms. The fraction of sp³-hybridized carbons (Fsp3) is 0.690. The van der Waals surface area contributed by atoms with Gasteiger partial charge in [0.1, 0.15) is 6.04 Å². The predicted octanol–water partition coefficient (Wildman–Crippen LogP) is 2.93. The van der Waals surface area contributed by atoms with Crippen LogP contribution < -0.4 is 10.0 Å². The number of piperidine rings is 1. The minimum atomic E-state index is -3.86. The van der Waals surface area contributed by atoms with E-state index in [1.807, 2.05) is 9.80 Å². The highest BCUT2D eigenvalue weighted by Gasteiger charge is 2.36. The van der Waals surface area contributed by atoms with Crippen molar-refractivity contribution in [2.45, 2.75) is 75.9 Å². The molecule has 1 aliphatic carbocycles. The molecule has 0 spiro atoms. The molecule has 3 aliphatic heterocycles. The number of carbonyl (C=O) groups excluding carboxylic acids is 3. The van der Waals surface area contributed by atoms with Crippen LogP contribution in [0.1, 0.15) is 62.7 Å². The van der Waals surface area contributed by atoms with Gasteiger partial charge in [-0.25, -0.2) is 13.2 Å². The number of halogens is 1. The van der Waals surface area contributed by atoms with Crippen LogP contribution in [-0.4, -0.2) is 116 Å². The minimum absolute atomic E-state index is 0.0412. The average Bonchev–Trinajstić information content (AvgIpc) is 3.63. The Morgan fingerprint density at radius 3 is 2.42 bits per heavy atom. The molecule has 5 rings (SSSR count). The molecule has 2 N–H and O–H groups in total. The third-order valence-corrected chi connectivity index (χ3v) is 11.2. The van der Waals surface area contributed by atoms with Gasteiger partial charge in [-0.15, -0.1) is 11.3 Å². The van der Waals surface area contributed by atoms with Gasteiger partial charge in [-0.3, -0.25) is 14.5 Å². The van der Waals surface area contributed by atoms with Gasteiger partial charge in [-0.05, 0) is 56.7 Å². The fourth-order valence-corrected chi connectivity index (χ4v) is 8.64. The Morgan fingerprint density at radius 2 is 1.70 bits per heavy atom. The topological polar surface area (TPSA) is 122 Å². The molecule has 0 aromatic carbocycles. The molecule has 4 amide bonds. The number of urea groups is 1. The Bertz CT molecular complexity index is 1280. The maximum atomic E-state index is 13.4. The van der Waals surface area contributed by atoms with Gasteiger partial charge in [-0.2, -0.15) is 4.72 Å². The number of amides is 4. The summed E-state index contributed by atoms with van der Waals surface area (Å²) in [6.45, 7) is 4.69. The molecule has 2 atom stereocenters. The SMILES string of the molecule is O=C(NC1CCCCC1)N1CCN(CC2CCCN2C(=O)CN2CCCC(NS(=O)(=O)/C=C/c3ccc(Cl)s3)C2=O)CC1. The van der Waals surface area contributed by atoms with Gasteiger partial charge >= 0.3 is 6.03 Å². The maximum Gasteiger partial charge on any atom is 0.317 e. The van der Waals surface area contributed by atoms with Crippen LogP contribution in [0.15, 0.2) is 17.5 Å². The second-order valence-electron chi connectivity index (χ2n) is 12.0. The van der Waals surface area contributed by atoms with Gasteiger partial charge in [-0.1, -0.05) is 30.9 Å². The number of likely N-dealkylation sites (tertiary alicyclic amines) is 2. The first-order chi connectivity index (χ1) is 20.7. The van der Waals surface area contributed by atoms with E-state index in [2.05, 4.69) is 14.9 Å². The number of nitrogens with zero attached hydrogens (tertiary/aromatic N) is 4. The molecular weight excluding hydrogens is 612 g/mol. The summed E-state index contributed by atoms with van der Waals surface area (Å²) in [6, 6.07) is 2.92. The molecule has 2 unspecified atom stereocenters. The monoisotopic (exact) mass is 654 g/mol.